The van der Waals surface area contributed by atoms with Crippen LogP contribution in [-0.2, 0) is 17.6 Å². The Hall–Kier alpha value is -2.06. The van der Waals surface area contributed by atoms with Crippen molar-refractivity contribution < 1.29 is 9.90 Å². The number of carboxylic acid groups (broad SMARTS) is 1. The van der Waals surface area contributed by atoms with E-state index in [0.717, 1.165) is 19.3 Å². The van der Waals surface area contributed by atoms with Crippen LogP contribution in [0.4, 0.5) is 0 Å². The molecule has 1 heterocycles. The Kier molecular flexibility index (Phi) is 11.3. The van der Waals surface area contributed by atoms with Crippen LogP contribution >= 0.6 is 11.3 Å². The molecular weight excluding hydrogens is 344 g/mol. The lowest BCUT2D eigenvalue weighted by molar-refractivity contribution is -0.141. The maximum absolute atomic E-state index is 10.3. The Balaban J connectivity index is 0.000000422. The van der Waals surface area contributed by atoms with Gasteiger partial charge in [0, 0.05) is 22.4 Å². The molecule has 0 aromatic carbocycles. The lowest BCUT2D eigenvalue weighted by Gasteiger charge is -2.01. The lowest BCUT2D eigenvalue weighted by atomic mass is 10.1. The summed E-state index contributed by atoms with van der Waals surface area (Å²) in [5.41, 5.74) is 8.56. The topological polar surface area (TPSA) is 75.7 Å². The minimum Gasteiger partial charge on any atom is -0.481 e. The summed E-state index contributed by atoms with van der Waals surface area (Å²) < 4.78 is 0. The molecule has 0 bridgehead atoms. The van der Waals surface area contributed by atoms with Crippen LogP contribution in [0.15, 0.2) is 18.2 Å². The summed E-state index contributed by atoms with van der Waals surface area (Å²) in [5.74, 6) is 0.683. The molecule has 0 saturated heterocycles. The minimum atomic E-state index is -0.612. The zero-order valence-electron chi connectivity index (χ0n) is 16.3. The van der Waals surface area contributed by atoms with Crippen LogP contribution in [0.5, 0.6) is 0 Å². The third kappa shape index (κ3) is 6.34. The molecule has 5 heteroatoms. The number of carbonyl (C=O) groups is 1. The van der Waals surface area contributed by atoms with E-state index in [1.165, 1.54) is 40.1 Å². The number of amidine groups is 1. The first-order valence-corrected chi connectivity index (χ1v) is 9.65. The molecule has 3 N–H and O–H groups in total. The van der Waals surface area contributed by atoms with Crippen molar-refractivity contribution in [2.75, 3.05) is 7.05 Å². The Morgan fingerprint density at radius 1 is 1.31 bits per heavy atom. The first-order chi connectivity index (χ1) is 12.4. The normalized spacial score (nSPS) is 20.4. The molecule has 1 aromatic rings. The maximum Gasteiger partial charge on any atom is 0.306 e. The molecule has 2 unspecified atom stereocenters. The number of nitrogens with zero attached hydrogens (tertiary/aromatic N) is 1. The maximum atomic E-state index is 10.3. The van der Waals surface area contributed by atoms with E-state index in [1.807, 2.05) is 11.3 Å². The second-order valence-electron chi connectivity index (χ2n) is 6.35. The van der Waals surface area contributed by atoms with Crippen LogP contribution in [0.25, 0.3) is 0 Å². The molecule has 0 spiro atoms. The van der Waals surface area contributed by atoms with Crippen LogP contribution in [0.1, 0.15) is 53.5 Å². The molecule has 144 valence electrons. The van der Waals surface area contributed by atoms with Crippen molar-refractivity contribution in [3.8, 4) is 12.8 Å². The molecule has 2 aliphatic carbocycles. The number of carboxylic acids is 1. The zero-order valence-corrected chi connectivity index (χ0v) is 17.1. The number of aliphatic imine (C=N–C) groups is 1. The first kappa shape index (κ1) is 23.9. The zero-order chi connectivity index (χ0) is 20.3. The summed E-state index contributed by atoms with van der Waals surface area (Å²) in [6, 6.07) is 0. The van der Waals surface area contributed by atoms with Gasteiger partial charge in [-0.05, 0) is 56.9 Å². The van der Waals surface area contributed by atoms with Gasteiger partial charge in [0.25, 0.3) is 0 Å². The average Bonchev–Trinajstić information content (AvgIpc) is 3.34. The fraction of sp³-hybridized carbons (Fsp3) is 0.524. The van der Waals surface area contributed by atoms with Crippen molar-refractivity contribution in [2.45, 2.75) is 52.4 Å². The van der Waals surface area contributed by atoms with Gasteiger partial charge >= 0.3 is 5.97 Å². The Morgan fingerprint density at radius 2 is 1.92 bits per heavy atom. The van der Waals surface area contributed by atoms with E-state index in [0.29, 0.717) is 11.8 Å². The highest BCUT2D eigenvalue weighted by Gasteiger charge is 2.26. The van der Waals surface area contributed by atoms with Crippen molar-refractivity contribution in [3.05, 3.63) is 34.0 Å². The summed E-state index contributed by atoms with van der Waals surface area (Å²) in [5, 5.41) is 8.53. The van der Waals surface area contributed by atoms with Crippen molar-refractivity contribution >= 4 is 23.1 Å². The molecule has 26 heavy (non-hydrogen) atoms. The molecule has 1 fully saturated rings. The van der Waals surface area contributed by atoms with E-state index in [2.05, 4.69) is 44.8 Å². The number of hydrogen-bond acceptors (Lipinski definition) is 3. The number of aliphatic carboxylic acids is 1. The van der Waals surface area contributed by atoms with Gasteiger partial charge in [-0.25, -0.2) is 0 Å². The predicted molar refractivity (Wildman–Crippen MR) is 113 cm³/mol. The number of rotatable bonds is 2. The molecule has 0 radical (unpaired) electrons. The summed E-state index contributed by atoms with van der Waals surface area (Å²) in [6.07, 6.45) is 14.6. The van der Waals surface area contributed by atoms with E-state index < -0.39 is 5.97 Å². The van der Waals surface area contributed by atoms with Crippen molar-refractivity contribution in [1.29, 1.82) is 0 Å². The van der Waals surface area contributed by atoms with Crippen LogP contribution in [0, 0.1) is 31.6 Å². The third-order valence-corrected chi connectivity index (χ3v) is 5.85. The first-order valence-electron chi connectivity index (χ1n) is 8.83. The van der Waals surface area contributed by atoms with E-state index >= 15 is 0 Å². The minimum absolute atomic E-state index is 0.0417. The van der Waals surface area contributed by atoms with Crippen LogP contribution in [0.2, 0.25) is 0 Å². The number of terminal acetylenes is 1. The Morgan fingerprint density at radius 3 is 2.35 bits per heavy atom. The predicted octanol–water partition coefficient (Wildman–Crippen LogP) is 4.44. The molecular formula is C21H32N2O2S. The van der Waals surface area contributed by atoms with Crippen molar-refractivity contribution in [1.82, 2.24) is 0 Å². The molecule has 4 nitrogen and oxygen atoms in total. The number of aryl methyl sites for hydroxylation is 2. The van der Waals surface area contributed by atoms with Gasteiger partial charge in [0.15, 0.2) is 0 Å². The molecule has 0 aliphatic heterocycles. The molecule has 2 aliphatic rings. The van der Waals surface area contributed by atoms with Crippen LogP contribution in [-0.4, -0.2) is 24.0 Å². The van der Waals surface area contributed by atoms with Crippen molar-refractivity contribution in [2.24, 2.45) is 22.6 Å². The fourth-order valence-electron chi connectivity index (χ4n) is 3.42. The molecule has 1 aromatic heterocycles. The lowest BCUT2D eigenvalue weighted by Crippen LogP contribution is -2.14. The van der Waals surface area contributed by atoms with Gasteiger partial charge in [-0.2, -0.15) is 0 Å². The average molecular weight is 377 g/mol. The number of thiophene rings is 1. The van der Waals surface area contributed by atoms with Gasteiger partial charge < -0.3 is 10.8 Å². The van der Waals surface area contributed by atoms with E-state index in [1.54, 1.807) is 7.05 Å². The van der Waals surface area contributed by atoms with E-state index in [4.69, 9.17) is 10.8 Å². The number of fused-ring (bicyclic) bond motifs is 1. The highest BCUT2D eigenvalue weighted by molar-refractivity contribution is 7.12. The quantitative estimate of drug-likeness (QED) is 0.347. The summed E-state index contributed by atoms with van der Waals surface area (Å²) in [4.78, 5) is 17.3. The van der Waals surface area contributed by atoms with Gasteiger partial charge in [0.05, 0.1) is 5.92 Å². The number of nitrogens with two attached hydrogens (primary N) is 1. The molecule has 0 amide bonds. The van der Waals surface area contributed by atoms with E-state index in [-0.39, 0.29) is 5.92 Å². The van der Waals surface area contributed by atoms with Crippen LogP contribution < -0.4 is 5.73 Å². The van der Waals surface area contributed by atoms with Gasteiger partial charge in [-0.1, -0.05) is 6.92 Å². The molecule has 1 saturated carbocycles. The fourth-order valence-corrected chi connectivity index (χ4v) is 4.69. The SMILES string of the molecule is C#C.C=C.CC1CCC(C(=O)O)C1.CN=C(N)c1c(C)sc2c1CCC2. The largest absolute Gasteiger partial charge is 0.481 e. The highest BCUT2D eigenvalue weighted by Crippen LogP contribution is 2.34. The van der Waals surface area contributed by atoms with Crippen molar-refractivity contribution in [3.63, 3.8) is 0 Å². The van der Waals surface area contributed by atoms with Gasteiger partial charge in [0.2, 0.25) is 0 Å². The second-order valence-corrected chi connectivity index (χ2v) is 7.66. The Bertz CT molecular complexity index is 631. The Labute approximate surface area is 162 Å². The smallest absolute Gasteiger partial charge is 0.306 e. The highest BCUT2D eigenvalue weighted by atomic mass is 32.1. The molecule has 2 atom stereocenters. The monoisotopic (exact) mass is 376 g/mol. The van der Waals surface area contributed by atoms with Gasteiger partial charge in [-0.15, -0.1) is 37.3 Å². The summed E-state index contributed by atoms with van der Waals surface area (Å²) in [6.45, 7) is 10.2. The van der Waals surface area contributed by atoms with Crippen LogP contribution in [0.3, 0.4) is 0 Å². The third-order valence-electron chi connectivity index (χ3n) is 4.64. The standard InChI is InChI=1S/C10H14N2S.C7H12O2.C2H4.C2H2/c1-6-9(10(11)12-2)7-4-3-5-8(7)13-6;1-5-2-3-6(4-5)7(8)9;2*1-2/h3-5H2,1-2H3,(H2,11,12);5-6H,2-4H2,1H3,(H,8,9);1-2H2;1-2H. The summed E-state index contributed by atoms with van der Waals surface area (Å²) in [7, 11) is 1.76. The molecule has 3 rings (SSSR count). The van der Waals surface area contributed by atoms with Gasteiger partial charge in [-0.3, -0.25) is 9.79 Å². The van der Waals surface area contributed by atoms with E-state index in [9.17, 15) is 4.79 Å². The summed E-state index contributed by atoms with van der Waals surface area (Å²) >= 11 is 1.89. The van der Waals surface area contributed by atoms with Gasteiger partial charge in [0.1, 0.15) is 5.84 Å². The number of hydrogen-bond donors (Lipinski definition) is 2. The second kappa shape index (κ2) is 12.3.